The molecule has 0 aromatic carbocycles. The topological polar surface area (TPSA) is 17.1 Å². The molecule has 76 valence electrons. The molecule has 13 heavy (non-hydrogen) atoms. The zero-order valence-corrected chi connectivity index (χ0v) is 8.98. The van der Waals surface area contributed by atoms with Crippen LogP contribution in [0.1, 0.15) is 57.8 Å². The number of hydrogen-bond acceptors (Lipinski definition) is 1. The minimum Gasteiger partial charge on any atom is -0.281 e. The molecule has 1 fully saturated rings. The maximum Gasteiger partial charge on any atom is 0.221 e. The molecule has 0 aromatic rings. The first-order chi connectivity index (χ1) is 6.29. The lowest BCUT2D eigenvalue weighted by atomic mass is 9.94. The zero-order chi connectivity index (χ0) is 9.52. The predicted octanol–water partition coefficient (Wildman–Crippen LogP) is 3.89. The number of halogens is 1. The second-order valence-electron chi connectivity index (χ2n) is 4.12. The van der Waals surface area contributed by atoms with E-state index in [9.17, 15) is 4.79 Å². The Kier molecular flexibility index (Phi) is 5.45. The molecular weight excluding hydrogens is 184 g/mol. The van der Waals surface area contributed by atoms with E-state index in [1.165, 1.54) is 51.4 Å². The lowest BCUT2D eigenvalue weighted by molar-refractivity contribution is -0.112. The van der Waals surface area contributed by atoms with Gasteiger partial charge in [-0.2, -0.15) is 0 Å². The Labute approximate surface area is 85.8 Å². The molecule has 0 atom stereocenters. The van der Waals surface area contributed by atoms with E-state index in [-0.39, 0.29) is 5.24 Å². The maximum atomic E-state index is 10.8. The molecule has 0 bridgehead atoms. The van der Waals surface area contributed by atoms with E-state index in [0.717, 1.165) is 0 Å². The average Bonchev–Trinajstić information content (AvgIpc) is 2.17. The molecule has 0 unspecified atom stereocenters. The molecule has 0 N–H and O–H groups in total. The van der Waals surface area contributed by atoms with Crippen LogP contribution in [0.3, 0.4) is 0 Å². The van der Waals surface area contributed by atoms with Gasteiger partial charge in [0.1, 0.15) is 0 Å². The summed E-state index contributed by atoms with van der Waals surface area (Å²) in [5, 5.41) is -0.149. The van der Waals surface area contributed by atoms with Gasteiger partial charge in [0.05, 0.1) is 0 Å². The van der Waals surface area contributed by atoms with Crippen LogP contribution in [0.5, 0.6) is 0 Å². The first-order valence-electron chi connectivity index (χ1n) is 5.47. The third-order valence-corrected chi connectivity index (χ3v) is 3.08. The highest BCUT2D eigenvalue weighted by molar-refractivity contribution is 6.63. The smallest absolute Gasteiger partial charge is 0.221 e. The van der Waals surface area contributed by atoms with Gasteiger partial charge < -0.3 is 0 Å². The Morgan fingerprint density at radius 1 is 1.00 bits per heavy atom. The molecule has 2 heteroatoms. The van der Waals surface area contributed by atoms with Gasteiger partial charge >= 0.3 is 0 Å². The van der Waals surface area contributed by atoms with Crippen LogP contribution in [0.25, 0.3) is 0 Å². The molecule has 0 amide bonds. The fourth-order valence-corrected chi connectivity index (χ4v) is 2.37. The number of rotatable bonds is 2. The summed E-state index contributed by atoms with van der Waals surface area (Å²) in [4.78, 5) is 10.8. The van der Waals surface area contributed by atoms with Crippen LogP contribution in [0.15, 0.2) is 0 Å². The molecule has 1 aliphatic carbocycles. The standard InChI is InChI=1S/C11H19ClO/c12-11(13)9-10-7-5-3-1-2-4-6-8-10/h10H,1-9H2. The van der Waals surface area contributed by atoms with Gasteiger partial charge in [-0.05, 0) is 30.4 Å². The van der Waals surface area contributed by atoms with E-state index in [2.05, 4.69) is 0 Å². The second-order valence-corrected chi connectivity index (χ2v) is 4.55. The van der Waals surface area contributed by atoms with Crippen molar-refractivity contribution in [2.45, 2.75) is 57.8 Å². The first kappa shape index (κ1) is 11.0. The predicted molar refractivity (Wildman–Crippen MR) is 55.9 cm³/mol. The maximum absolute atomic E-state index is 10.8. The lowest BCUT2D eigenvalue weighted by Crippen LogP contribution is -2.04. The summed E-state index contributed by atoms with van der Waals surface area (Å²) < 4.78 is 0. The van der Waals surface area contributed by atoms with Gasteiger partial charge in [-0.1, -0.05) is 38.5 Å². The third-order valence-electron chi connectivity index (χ3n) is 2.92. The highest BCUT2D eigenvalue weighted by Crippen LogP contribution is 2.24. The van der Waals surface area contributed by atoms with Gasteiger partial charge in [0, 0.05) is 6.42 Å². The normalized spacial score (nSPS) is 21.6. The van der Waals surface area contributed by atoms with Gasteiger partial charge in [0.2, 0.25) is 5.24 Å². The van der Waals surface area contributed by atoms with E-state index < -0.39 is 0 Å². The van der Waals surface area contributed by atoms with Crippen molar-refractivity contribution >= 4 is 16.8 Å². The van der Waals surface area contributed by atoms with Crippen molar-refractivity contribution in [3.05, 3.63) is 0 Å². The Balaban J connectivity index is 2.27. The largest absolute Gasteiger partial charge is 0.281 e. The minimum atomic E-state index is -0.149. The van der Waals surface area contributed by atoms with E-state index in [1.54, 1.807) is 0 Å². The van der Waals surface area contributed by atoms with Crippen LogP contribution in [0.2, 0.25) is 0 Å². The van der Waals surface area contributed by atoms with Crippen LogP contribution in [-0.4, -0.2) is 5.24 Å². The molecule has 1 saturated carbocycles. The Morgan fingerprint density at radius 3 is 1.92 bits per heavy atom. The van der Waals surface area contributed by atoms with Gasteiger partial charge in [-0.15, -0.1) is 0 Å². The van der Waals surface area contributed by atoms with E-state index in [1.807, 2.05) is 0 Å². The Bertz CT molecular complexity index is 146. The first-order valence-corrected chi connectivity index (χ1v) is 5.85. The van der Waals surface area contributed by atoms with Gasteiger partial charge in [-0.3, -0.25) is 4.79 Å². The molecule has 1 rings (SSSR count). The molecule has 1 aliphatic rings. The molecule has 0 radical (unpaired) electrons. The van der Waals surface area contributed by atoms with Crippen molar-refractivity contribution in [2.24, 2.45) is 5.92 Å². The van der Waals surface area contributed by atoms with Gasteiger partial charge in [0.15, 0.2) is 0 Å². The number of carbonyl (C=O) groups excluding carboxylic acids is 1. The molecular formula is C11H19ClO. The lowest BCUT2D eigenvalue weighted by Gasteiger charge is -2.12. The molecule has 0 heterocycles. The van der Waals surface area contributed by atoms with Crippen molar-refractivity contribution in [1.29, 1.82) is 0 Å². The van der Waals surface area contributed by atoms with Crippen LogP contribution >= 0.6 is 11.6 Å². The monoisotopic (exact) mass is 202 g/mol. The number of carbonyl (C=O) groups is 1. The second kappa shape index (κ2) is 6.42. The average molecular weight is 203 g/mol. The summed E-state index contributed by atoms with van der Waals surface area (Å²) in [5.41, 5.74) is 0. The van der Waals surface area contributed by atoms with Crippen molar-refractivity contribution in [3.8, 4) is 0 Å². The SMILES string of the molecule is O=C(Cl)CC1CCCCCCCC1. The summed E-state index contributed by atoms with van der Waals surface area (Å²) in [7, 11) is 0. The molecule has 0 spiro atoms. The Morgan fingerprint density at radius 2 is 1.46 bits per heavy atom. The quantitative estimate of drug-likeness (QED) is 0.621. The summed E-state index contributed by atoms with van der Waals surface area (Å²) >= 11 is 5.41. The van der Waals surface area contributed by atoms with Crippen LogP contribution in [0.4, 0.5) is 0 Å². The van der Waals surface area contributed by atoms with Gasteiger partial charge in [0.25, 0.3) is 0 Å². The fourth-order valence-electron chi connectivity index (χ4n) is 2.15. The molecule has 0 aliphatic heterocycles. The van der Waals surface area contributed by atoms with Crippen LogP contribution in [-0.2, 0) is 4.79 Å². The van der Waals surface area contributed by atoms with Crippen molar-refractivity contribution in [3.63, 3.8) is 0 Å². The minimum absolute atomic E-state index is 0.149. The third kappa shape index (κ3) is 5.30. The summed E-state index contributed by atoms with van der Waals surface area (Å²) in [6.45, 7) is 0. The van der Waals surface area contributed by atoms with Gasteiger partial charge in [-0.25, -0.2) is 0 Å². The van der Waals surface area contributed by atoms with Crippen molar-refractivity contribution in [2.75, 3.05) is 0 Å². The van der Waals surface area contributed by atoms with Crippen LogP contribution < -0.4 is 0 Å². The van der Waals surface area contributed by atoms with Crippen LogP contribution in [0, 0.1) is 5.92 Å². The molecule has 0 saturated heterocycles. The van der Waals surface area contributed by atoms with Crippen molar-refractivity contribution < 1.29 is 4.79 Å². The number of hydrogen-bond donors (Lipinski definition) is 0. The highest BCUT2D eigenvalue weighted by atomic mass is 35.5. The summed E-state index contributed by atoms with van der Waals surface area (Å²) in [6, 6.07) is 0. The highest BCUT2D eigenvalue weighted by Gasteiger charge is 2.13. The summed E-state index contributed by atoms with van der Waals surface area (Å²) in [6.07, 6.45) is 11.0. The fraction of sp³-hybridized carbons (Fsp3) is 0.909. The van der Waals surface area contributed by atoms with E-state index in [4.69, 9.17) is 11.6 Å². The zero-order valence-electron chi connectivity index (χ0n) is 8.23. The van der Waals surface area contributed by atoms with Crippen molar-refractivity contribution in [1.82, 2.24) is 0 Å². The molecule has 0 aromatic heterocycles. The van der Waals surface area contributed by atoms with E-state index in [0.29, 0.717) is 12.3 Å². The van der Waals surface area contributed by atoms with E-state index >= 15 is 0 Å². The summed E-state index contributed by atoms with van der Waals surface area (Å²) in [5.74, 6) is 0.572. The molecule has 1 nitrogen and oxygen atoms in total. The Hall–Kier alpha value is -0.0400.